The minimum atomic E-state index is 0.0212. The Hall–Kier alpha value is -2.33. The first-order valence-corrected chi connectivity index (χ1v) is 8.91. The Morgan fingerprint density at radius 3 is 2.48 bits per heavy atom. The smallest absolute Gasteiger partial charge is 0.251 e. The molecule has 0 bridgehead atoms. The average Bonchev–Trinajstić information content (AvgIpc) is 2.61. The molecule has 2 aromatic rings. The van der Waals surface area contributed by atoms with Crippen LogP contribution >= 0.6 is 0 Å². The zero-order valence-corrected chi connectivity index (χ0v) is 15.0. The molecular formula is C21H26N2O2. The maximum absolute atomic E-state index is 12.4. The van der Waals surface area contributed by atoms with Crippen molar-refractivity contribution < 1.29 is 9.90 Å². The zero-order chi connectivity index (χ0) is 17.8. The summed E-state index contributed by atoms with van der Waals surface area (Å²) in [4.78, 5) is 14.8. The summed E-state index contributed by atoms with van der Waals surface area (Å²) in [6.07, 6.45) is 1.87. The van der Waals surface area contributed by atoms with E-state index in [9.17, 15) is 9.90 Å². The number of benzene rings is 2. The molecule has 0 saturated carbocycles. The summed E-state index contributed by atoms with van der Waals surface area (Å²) in [5, 5.41) is 13.3. The van der Waals surface area contributed by atoms with Gasteiger partial charge in [0.15, 0.2) is 0 Å². The molecule has 1 amide bonds. The lowest BCUT2D eigenvalue weighted by atomic mass is 10.0. The van der Waals surface area contributed by atoms with Crippen LogP contribution in [0.4, 0.5) is 0 Å². The summed E-state index contributed by atoms with van der Waals surface area (Å²) in [7, 11) is 0. The van der Waals surface area contributed by atoms with Crippen LogP contribution in [0.15, 0.2) is 42.5 Å². The molecule has 2 N–H and O–H groups in total. The van der Waals surface area contributed by atoms with Crippen molar-refractivity contribution in [3.05, 3.63) is 64.7 Å². The van der Waals surface area contributed by atoms with Gasteiger partial charge in [-0.05, 0) is 43.9 Å². The van der Waals surface area contributed by atoms with Crippen molar-refractivity contribution in [1.82, 2.24) is 10.2 Å². The summed E-state index contributed by atoms with van der Waals surface area (Å²) in [6.45, 7) is 6.49. The van der Waals surface area contributed by atoms with E-state index < -0.39 is 0 Å². The molecule has 2 aromatic carbocycles. The minimum absolute atomic E-state index is 0.0212. The molecule has 132 valence electrons. The molecule has 1 fully saturated rings. The summed E-state index contributed by atoms with van der Waals surface area (Å²) in [6, 6.07) is 13.8. The van der Waals surface area contributed by atoms with Crippen molar-refractivity contribution in [3.8, 4) is 5.75 Å². The molecule has 25 heavy (non-hydrogen) atoms. The first kappa shape index (κ1) is 17.5. The van der Waals surface area contributed by atoms with E-state index >= 15 is 0 Å². The van der Waals surface area contributed by atoms with Gasteiger partial charge < -0.3 is 10.4 Å². The summed E-state index contributed by atoms with van der Waals surface area (Å²) < 4.78 is 0. The molecule has 0 spiro atoms. The minimum Gasteiger partial charge on any atom is -0.507 e. The van der Waals surface area contributed by atoms with Crippen LogP contribution < -0.4 is 5.32 Å². The number of phenols is 1. The molecule has 1 heterocycles. The third-order valence-corrected chi connectivity index (χ3v) is 5.03. The van der Waals surface area contributed by atoms with Gasteiger partial charge in [-0.15, -0.1) is 0 Å². The second-order valence-corrected chi connectivity index (χ2v) is 6.92. The Morgan fingerprint density at radius 2 is 1.76 bits per heavy atom. The van der Waals surface area contributed by atoms with Crippen LogP contribution in [0.2, 0.25) is 0 Å². The largest absolute Gasteiger partial charge is 0.507 e. The number of nitrogens with one attached hydrogen (secondary N) is 1. The molecule has 4 heteroatoms. The predicted molar refractivity (Wildman–Crippen MR) is 99.8 cm³/mol. The van der Waals surface area contributed by atoms with Gasteiger partial charge in [-0.25, -0.2) is 0 Å². The van der Waals surface area contributed by atoms with E-state index in [0.717, 1.165) is 54.7 Å². The number of phenolic OH excluding ortho intramolecular Hbond substituents is 1. The quantitative estimate of drug-likeness (QED) is 0.898. The fraction of sp³-hybridized carbons (Fsp3) is 0.381. The number of para-hydroxylation sites is 1. The number of piperidine rings is 1. The summed E-state index contributed by atoms with van der Waals surface area (Å²) in [5.74, 6) is 0.422. The Bertz CT molecular complexity index is 749. The van der Waals surface area contributed by atoms with E-state index in [-0.39, 0.29) is 11.9 Å². The number of nitrogens with zero attached hydrogens (tertiary/aromatic N) is 1. The zero-order valence-electron chi connectivity index (χ0n) is 15.0. The Kier molecular flexibility index (Phi) is 5.39. The number of aromatic hydroxyl groups is 1. The van der Waals surface area contributed by atoms with E-state index in [1.165, 1.54) is 0 Å². The number of rotatable bonds is 4. The standard InChI is InChI=1S/C21H26N2O2/c1-15-6-3-4-9-19(15)21(25)22-18-10-12-23(13-11-18)14-17-8-5-7-16(2)20(17)24/h3-9,18,24H,10-14H2,1-2H3,(H,22,25). The average molecular weight is 338 g/mol. The Balaban J connectivity index is 1.53. The summed E-state index contributed by atoms with van der Waals surface area (Å²) >= 11 is 0. The van der Waals surface area contributed by atoms with E-state index in [0.29, 0.717) is 5.75 Å². The maximum atomic E-state index is 12.4. The lowest BCUT2D eigenvalue weighted by Gasteiger charge is -2.32. The summed E-state index contributed by atoms with van der Waals surface area (Å²) in [5.41, 5.74) is 3.65. The molecule has 0 aliphatic carbocycles. The van der Waals surface area contributed by atoms with E-state index in [2.05, 4.69) is 10.2 Å². The van der Waals surface area contributed by atoms with Crippen LogP contribution in [0.25, 0.3) is 0 Å². The Morgan fingerprint density at radius 1 is 1.08 bits per heavy atom. The SMILES string of the molecule is Cc1ccccc1C(=O)NC1CCN(Cc2cccc(C)c2O)CC1. The third-order valence-electron chi connectivity index (χ3n) is 5.03. The number of amides is 1. The van der Waals surface area contributed by atoms with Crippen molar-refractivity contribution in [2.75, 3.05) is 13.1 Å². The van der Waals surface area contributed by atoms with Gasteiger partial charge in [0, 0.05) is 36.8 Å². The van der Waals surface area contributed by atoms with Crippen molar-refractivity contribution in [2.45, 2.75) is 39.3 Å². The molecule has 0 aromatic heterocycles. The lowest BCUT2D eigenvalue weighted by molar-refractivity contribution is 0.0908. The molecule has 3 rings (SSSR count). The van der Waals surface area contributed by atoms with Crippen LogP contribution in [-0.4, -0.2) is 35.0 Å². The van der Waals surface area contributed by atoms with E-state index in [1.54, 1.807) is 0 Å². The van der Waals surface area contributed by atoms with Crippen LogP contribution in [-0.2, 0) is 6.54 Å². The van der Waals surface area contributed by atoms with Crippen LogP contribution in [0.1, 0.15) is 39.9 Å². The van der Waals surface area contributed by atoms with Crippen molar-refractivity contribution in [2.24, 2.45) is 0 Å². The molecule has 1 aliphatic heterocycles. The number of hydrogen-bond acceptors (Lipinski definition) is 3. The number of likely N-dealkylation sites (tertiary alicyclic amines) is 1. The number of hydrogen-bond donors (Lipinski definition) is 2. The predicted octanol–water partition coefficient (Wildman–Crippen LogP) is 3.40. The van der Waals surface area contributed by atoms with Gasteiger partial charge in [0.1, 0.15) is 5.75 Å². The molecule has 0 radical (unpaired) electrons. The molecule has 1 aliphatic rings. The fourth-order valence-corrected chi connectivity index (χ4v) is 3.41. The molecular weight excluding hydrogens is 312 g/mol. The fourth-order valence-electron chi connectivity index (χ4n) is 3.41. The highest BCUT2D eigenvalue weighted by molar-refractivity contribution is 5.95. The number of carbonyl (C=O) groups is 1. The van der Waals surface area contributed by atoms with Crippen molar-refractivity contribution in [3.63, 3.8) is 0 Å². The van der Waals surface area contributed by atoms with E-state index in [1.807, 2.05) is 56.3 Å². The number of carbonyl (C=O) groups excluding carboxylic acids is 1. The maximum Gasteiger partial charge on any atom is 0.251 e. The van der Waals surface area contributed by atoms with Gasteiger partial charge in [-0.3, -0.25) is 9.69 Å². The van der Waals surface area contributed by atoms with Gasteiger partial charge in [0.25, 0.3) is 5.91 Å². The highest BCUT2D eigenvalue weighted by Crippen LogP contribution is 2.24. The Labute approximate surface area is 149 Å². The van der Waals surface area contributed by atoms with Crippen LogP contribution in [0.5, 0.6) is 5.75 Å². The van der Waals surface area contributed by atoms with Crippen molar-refractivity contribution in [1.29, 1.82) is 0 Å². The third kappa shape index (κ3) is 4.20. The molecule has 0 unspecified atom stereocenters. The topological polar surface area (TPSA) is 52.6 Å². The number of aryl methyl sites for hydroxylation is 2. The normalized spacial score (nSPS) is 15.9. The first-order chi connectivity index (χ1) is 12.0. The monoisotopic (exact) mass is 338 g/mol. The molecule has 4 nitrogen and oxygen atoms in total. The molecule has 1 saturated heterocycles. The van der Waals surface area contributed by atoms with Crippen molar-refractivity contribution >= 4 is 5.91 Å². The lowest BCUT2D eigenvalue weighted by Crippen LogP contribution is -2.44. The van der Waals surface area contributed by atoms with Crippen LogP contribution in [0.3, 0.4) is 0 Å². The van der Waals surface area contributed by atoms with Gasteiger partial charge in [0.05, 0.1) is 0 Å². The van der Waals surface area contributed by atoms with Gasteiger partial charge >= 0.3 is 0 Å². The second-order valence-electron chi connectivity index (χ2n) is 6.92. The van der Waals surface area contributed by atoms with Gasteiger partial charge in [0.2, 0.25) is 0 Å². The molecule has 0 atom stereocenters. The highest BCUT2D eigenvalue weighted by atomic mass is 16.3. The van der Waals surface area contributed by atoms with E-state index in [4.69, 9.17) is 0 Å². The van der Waals surface area contributed by atoms with Gasteiger partial charge in [-0.1, -0.05) is 36.4 Å². The van der Waals surface area contributed by atoms with Crippen LogP contribution in [0, 0.1) is 13.8 Å². The van der Waals surface area contributed by atoms with Gasteiger partial charge in [-0.2, -0.15) is 0 Å². The second kappa shape index (κ2) is 7.70. The highest BCUT2D eigenvalue weighted by Gasteiger charge is 2.22. The first-order valence-electron chi connectivity index (χ1n) is 8.91.